The van der Waals surface area contributed by atoms with E-state index in [1.807, 2.05) is 202 Å². The SMILES string of the molecule is C.CC(=O)O[C@H]1[C@@H](C)COC(C)[C@@H]1OC(C)=O.CCCc1cccn1C=O.CC[C@H]1OC(C)[C@H](OC(C)=O)[C@@H](OC(C)=O)[C@H]1C.CC[C@H]1OC(C)[C@H](OC)[C@@H](OC)[C@@H]1C.CCc1cccn1C=O.Cc1cc(C)n(C=O)c1.Cc1cccn1C=O.Cc1ccn(C=O)c1.Cc1oc(=O)oc1CCOO.O=Cn1ccc(Br)c1.O=Cn1ccc2ccccc21.O=Cn1cccc1-c1ccccc1.O=Cn1cncn1.O=NC1C=CC=C1. The summed E-state index contributed by atoms with van der Waals surface area (Å²) in [6.07, 6.45) is 37.4. The van der Waals surface area contributed by atoms with Crippen LogP contribution >= 0.6 is 15.9 Å². The van der Waals surface area contributed by atoms with Crippen molar-refractivity contribution in [1.29, 1.82) is 0 Å². The first kappa shape index (κ1) is 131. The number of nitroso groups, excluding NO2 is 1. The number of rotatable bonds is 25. The summed E-state index contributed by atoms with van der Waals surface area (Å²) >= 11 is 3.19. The van der Waals surface area contributed by atoms with Crippen molar-refractivity contribution in [3.63, 3.8) is 0 Å². The fraction of sp³-hybridized carbons (Fsp3) is 0.413. The Hall–Kier alpha value is -14.7. The van der Waals surface area contributed by atoms with Gasteiger partial charge in [0.1, 0.15) is 42.8 Å². The van der Waals surface area contributed by atoms with Gasteiger partial charge >= 0.3 is 29.7 Å². The maximum Gasteiger partial charge on any atom is 0.519 e. The summed E-state index contributed by atoms with van der Waals surface area (Å²) in [6, 6.07) is 40.1. The number of carbonyl (C=O) groups is 13. The lowest BCUT2D eigenvalue weighted by Gasteiger charge is -2.43. The lowest BCUT2D eigenvalue weighted by Crippen LogP contribution is -2.55. The Bertz CT molecular complexity index is 5960. The van der Waals surface area contributed by atoms with E-state index < -0.39 is 42.2 Å². The number of carbonyl (C=O) groups excluding carboxylic acids is 13. The van der Waals surface area contributed by atoms with Crippen LogP contribution in [0.15, 0.2) is 250 Å². The van der Waals surface area contributed by atoms with E-state index in [1.165, 1.54) is 54.1 Å². The Morgan fingerprint density at radius 1 is 0.493 bits per heavy atom. The van der Waals surface area contributed by atoms with Crippen molar-refractivity contribution >= 4 is 108 Å². The molecule has 40 nitrogen and oxygen atoms in total. The first-order valence-electron chi connectivity index (χ1n) is 47.8. The van der Waals surface area contributed by atoms with Crippen molar-refractivity contribution in [2.75, 3.05) is 27.4 Å². The standard InChI is InChI=1S/C13H22O5.C11H9NO.C11H18O5.C11H22O3.C9H7NO.C8H11NO.2C7H9NO.2C6H7NO.C6H8O5.C5H4BrNO.C5H5NO.C3H3N3O.CH4/c1-6-11-7(2)12(17-9(4)14)13(8(3)16-11)18-10(5)15;13-9-12-8-4-7-11(12)10-5-2-1-3-6-10;1-6-5-14-7(2)11(16-9(4)13)10(6)15-8(3)12;1-6-9-7(2)10(12-4)11(13-5)8(3)14-9;11-7-10-6-5-8-3-1-2-4-9(8)10;1-2-4-8-5-3-6-9(8)7-10;1-6-3-7(2)8(4-6)5-9;1-2-7-4-3-5-8(7)6-9;1-6-2-3-7(4-6)5-8;1-6-3-2-4-7(6)5-8;1-4-5(2-3-9-8)11-6(7)10-4;6-5-1-2-7(3-5)4-8;7-6-5-3-1-2-4-5;7-3-6-2-4-1-5-6;/h7-8,11-13H,6H2,1-5H3;1-9H;6-7,10-11H,5H2,1-4H3;7-11H,6H2,1-5H3;1-7H;3,5-7H,2,4H2,1H3;3-5H,1-2H3;3-6H,2H2,1H3;2*2-5H,1H3;8H,2-3H2,1H3;1-4H;1-5H;1-3H;1H4/t7-,8?,11+,12-,13-;;6-,7?,10-,11-;7-,8?,9-,10+,11+;;;;;;;;;;;/m0.01.........../s1. The first-order valence-corrected chi connectivity index (χ1v) is 48.6. The van der Waals surface area contributed by atoms with Crippen LogP contribution < -0.4 is 5.82 Å². The molecule has 41 heteroatoms. The third-order valence-electron chi connectivity index (χ3n) is 22.5. The number of halogens is 1. The molecule has 3 fully saturated rings. The first-order chi connectivity index (χ1) is 71.3. The molecule has 16 rings (SSSR count). The number of benzene rings is 2. The summed E-state index contributed by atoms with van der Waals surface area (Å²) in [5, 5.41) is 15.3. The van der Waals surface area contributed by atoms with Crippen LogP contribution in [0.25, 0.3) is 22.2 Å². The van der Waals surface area contributed by atoms with Gasteiger partial charge in [-0.1, -0.05) is 140 Å². The van der Waals surface area contributed by atoms with E-state index in [0.29, 0.717) is 43.0 Å². The molecule has 150 heavy (non-hydrogen) atoms. The van der Waals surface area contributed by atoms with Gasteiger partial charge in [0.15, 0.2) is 18.0 Å². The molecule has 3 unspecified atom stereocenters. The zero-order valence-corrected chi connectivity index (χ0v) is 89.7. The van der Waals surface area contributed by atoms with E-state index in [4.69, 9.17) is 47.9 Å². The predicted octanol–water partition coefficient (Wildman–Crippen LogP) is 16.8. The van der Waals surface area contributed by atoms with E-state index in [-0.39, 0.29) is 80.5 Å². The van der Waals surface area contributed by atoms with Crippen LogP contribution in [0.1, 0.15) is 169 Å². The predicted molar refractivity (Wildman–Crippen MR) is 573 cm³/mol. The summed E-state index contributed by atoms with van der Waals surface area (Å²) in [7, 11) is 3.47. The van der Waals surface area contributed by atoms with Gasteiger partial charge in [-0.2, -0.15) is 9.78 Å². The molecule has 0 spiro atoms. The zero-order valence-electron chi connectivity index (χ0n) is 88.1. The average Bonchev–Trinajstić information content (AvgIpc) is 1.44. The molecule has 14 atom stereocenters. The molecule has 0 amide bonds. The Labute approximate surface area is 882 Å². The molecule has 0 radical (unpaired) electrons. The number of fused-ring (bicyclic) bond motifs is 1. The summed E-state index contributed by atoms with van der Waals surface area (Å²) < 4.78 is 72.4. The largest absolute Gasteiger partial charge is 0.519 e. The molecule has 1 aliphatic carbocycles. The topological polar surface area (TPSA) is 477 Å². The van der Waals surface area contributed by atoms with Gasteiger partial charge in [0.2, 0.25) is 57.7 Å². The van der Waals surface area contributed by atoms with Crippen LogP contribution in [0, 0.1) is 57.3 Å². The zero-order chi connectivity index (χ0) is 111. The molecule has 2 aromatic carbocycles. The van der Waals surface area contributed by atoms with Gasteiger partial charge in [0.25, 0.3) is 0 Å². The Morgan fingerprint density at radius 3 is 1.41 bits per heavy atom. The second kappa shape index (κ2) is 73.4. The lowest BCUT2D eigenvalue weighted by atomic mass is 9.87. The summed E-state index contributed by atoms with van der Waals surface area (Å²) in [5.74, 6) is -1.01. The number of para-hydroxylation sites is 1. The molecular formula is C109H145BrN12O28. The smallest absolute Gasteiger partial charge is 0.458 e. The molecule has 0 bridgehead atoms. The number of hydrogen-bond acceptors (Lipinski definition) is 31. The Balaban J connectivity index is 0.000000550. The fourth-order valence-corrected chi connectivity index (χ4v) is 15.4. The highest BCUT2D eigenvalue weighted by atomic mass is 79.9. The van der Waals surface area contributed by atoms with Gasteiger partial charge in [-0.3, -0.25) is 104 Å². The van der Waals surface area contributed by atoms with E-state index in [2.05, 4.69) is 72.6 Å². The monoisotopic (exact) mass is 2150 g/mol. The normalized spacial score (nSPS) is 18.9. The van der Waals surface area contributed by atoms with Crippen molar-refractivity contribution in [2.45, 2.75) is 251 Å². The number of aromatic nitrogens is 11. The molecule has 13 heterocycles. The van der Waals surface area contributed by atoms with Crippen LogP contribution in [0.4, 0.5) is 0 Å². The summed E-state index contributed by atoms with van der Waals surface area (Å²) in [5.41, 5.74) is 9.29. The molecule has 816 valence electrons. The highest BCUT2D eigenvalue weighted by Crippen LogP contribution is 2.34. The fourth-order valence-electron chi connectivity index (χ4n) is 15.0. The maximum absolute atomic E-state index is 11.2. The van der Waals surface area contributed by atoms with Crippen molar-refractivity contribution in [3.05, 3.63) is 292 Å². The molecule has 0 saturated carbocycles. The highest BCUT2D eigenvalue weighted by molar-refractivity contribution is 9.10. The second-order valence-electron chi connectivity index (χ2n) is 33.6. The summed E-state index contributed by atoms with van der Waals surface area (Å²) in [6.45, 7) is 35.3. The highest BCUT2D eigenvalue weighted by Gasteiger charge is 2.46. The minimum Gasteiger partial charge on any atom is -0.458 e. The molecule has 3 aliphatic heterocycles. The molecule has 12 aromatic rings. The Morgan fingerprint density at radius 2 is 1.00 bits per heavy atom. The van der Waals surface area contributed by atoms with Crippen LogP contribution in [-0.4, -0.2) is 239 Å². The van der Waals surface area contributed by atoms with Gasteiger partial charge in [-0.25, -0.2) is 14.7 Å². The molecule has 1 N–H and O–H groups in total. The summed E-state index contributed by atoms with van der Waals surface area (Å²) in [4.78, 5) is 163. The molecule has 4 aliphatic rings. The lowest BCUT2D eigenvalue weighted by molar-refractivity contribution is -0.241. The second-order valence-corrected chi connectivity index (χ2v) is 34.5. The number of methoxy groups -OCH3 is 2. The van der Waals surface area contributed by atoms with Gasteiger partial charge in [-0.15, -0.1) is 4.91 Å². The van der Waals surface area contributed by atoms with Crippen LogP contribution in [0.2, 0.25) is 0 Å². The third kappa shape index (κ3) is 46.8. The average molecular weight is 2150 g/mol. The maximum atomic E-state index is 11.2. The van der Waals surface area contributed by atoms with E-state index in [1.54, 1.807) is 125 Å². The molecule has 10 aromatic heterocycles. The van der Waals surface area contributed by atoms with Crippen molar-refractivity contribution in [3.8, 4) is 11.3 Å². The number of aryl methyl sites for hydroxylation is 7. The number of hydrogen-bond donors (Lipinski definition) is 1. The van der Waals surface area contributed by atoms with Crippen molar-refractivity contribution in [2.24, 2.45) is 22.9 Å². The quantitative estimate of drug-likeness (QED) is 0.0139. The number of nitrogens with zero attached hydrogens (tertiary/aromatic N) is 12. The van der Waals surface area contributed by atoms with Gasteiger partial charge < -0.3 is 51.5 Å². The minimum atomic E-state index is -0.726. The van der Waals surface area contributed by atoms with Gasteiger partial charge in [-0.05, 0) is 193 Å². The number of allylic oxidation sites excluding steroid dienone is 2. The minimum absolute atomic E-state index is 0. The Kier molecular flexibility index (Phi) is 64.3. The van der Waals surface area contributed by atoms with Crippen LogP contribution in [-0.2, 0) is 129 Å². The number of esters is 4. The van der Waals surface area contributed by atoms with Crippen molar-refractivity contribution < 1.29 is 124 Å². The van der Waals surface area contributed by atoms with E-state index >= 15 is 0 Å². The van der Waals surface area contributed by atoms with Crippen LogP contribution in [0.5, 0.6) is 0 Å². The number of ether oxygens (including phenoxy) is 9. The van der Waals surface area contributed by atoms with Crippen molar-refractivity contribution in [1.82, 2.24) is 51.3 Å². The van der Waals surface area contributed by atoms with Gasteiger partial charge in [0.05, 0.1) is 61.0 Å². The molecule has 3 saturated heterocycles. The van der Waals surface area contributed by atoms with Gasteiger partial charge in [0, 0.05) is 161 Å². The van der Waals surface area contributed by atoms with E-state index in [0.717, 1.165) is 149 Å². The van der Waals surface area contributed by atoms with E-state index in [9.17, 15) is 72.0 Å². The van der Waals surface area contributed by atoms with Crippen LogP contribution in [0.3, 0.4) is 0 Å². The molecular weight excluding hydrogens is 2010 g/mol. The third-order valence-corrected chi connectivity index (χ3v) is 22.9.